The van der Waals surface area contributed by atoms with Gasteiger partial charge in [0.1, 0.15) is 0 Å². The van der Waals surface area contributed by atoms with Crippen molar-refractivity contribution in [1.29, 1.82) is 0 Å². The van der Waals surface area contributed by atoms with Crippen LogP contribution < -0.4 is 0 Å². The summed E-state index contributed by atoms with van der Waals surface area (Å²) in [5.41, 5.74) is 1.19. The number of nitrogens with zero attached hydrogens (tertiary/aromatic N) is 2. The van der Waals surface area contributed by atoms with E-state index in [0.29, 0.717) is 10.8 Å². The van der Waals surface area contributed by atoms with E-state index in [1.807, 2.05) is 0 Å². The molecule has 0 N–H and O–H groups in total. The summed E-state index contributed by atoms with van der Waals surface area (Å²) in [6.07, 6.45) is 4.35. The molecule has 2 rings (SSSR count). The van der Waals surface area contributed by atoms with Crippen molar-refractivity contribution in [2.24, 2.45) is 10.8 Å². The predicted octanol–water partition coefficient (Wildman–Crippen LogP) is 2.45. The maximum absolute atomic E-state index is 2.69. The molecule has 0 radical (unpaired) electrons. The van der Waals surface area contributed by atoms with Crippen LogP contribution in [0.3, 0.4) is 0 Å². The van der Waals surface area contributed by atoms with E-state index >= 15 is 0 Å². The minimum Gasteiger partial charge on any atom is -0.304 e. The third kappa shape index (κ3) is 3.46. The van der Waals surface area contributed by atoms with E-state index in [9.17, 15) is 0 Å². The fourth-order valence-corrected chi connectivity index (χ4v) is 3.17. The molecule has 16 heavy (non-hydrogen) atoms. The SMILES string of the molecule is CN1CCN(CC2(CC(C)(C)C)CC2)CC1. The van der Waals surface area contributed by atoms with Crippen molar-refractivity contribution in [3.8, 4) is 0 Å². The van der Waals surface area contributed by atoms with Crippen LogP contribution in [0.1, 0.15) is 40.0 Å². The Bertz CT molecular complexity index is 230. The Morgan fingerprint density at radius 1 is 1.00 bits per heavy atom. The fraction of sp³-hybridized carbons (Fsp3) is 1.00. The first-order chi connectivity index (χ1) is 7.39. The molecule has 0 aromatic carbocycles. The molecule has 2 fully saturated rings. The molecule has 0 aromatic heterocycles. The Hall–Kier alpha value is -0.0800. The number of likely N-dealkylation sites (N-methyl/N-ethyl adjacent to an activating group) is 1. The van der Waals surface area contributed by atoms with Crippen LogP contribution in [0.25, 0.3) is 0 Å². The van der Waals surface area contributed by atoms with Gasteiger partial charge in [-0.1, -0.05) is 20.8 Å². The summed E-state index contributed by atoms with van der Waals surface area (Å²) in [6.45, 7) is 13.6. The molecule has 1 aliphatic heterocycles. The molecule has 1 heterocycles. The third-order valence-electron chi connectivity index (χ3n) is 4.02. The van der Waals surface area contributed by atoms with Gasteiger partial charge in [-0.25, -0.2) is 0 Å². The molecule has 2 heteroatoms. The van der Waals surface area contributed by atoms with E-state index in [-0.39, 0.29) is 0 Å². The zero-order valence-electron chi connectivity index (χ0n) is 11.6. The molecule has 0 aromatic rings. The Balaban J connectivity index is 1.81. The summed E-state index contributed by atoms with van der Waals surface area (Å²) in [6, 6.07) is 0. The summed E-state index contributed by atoms with van der Waals surface area (Å²) in [5.74, 6) is 0. The molecular formula is C14H28N2. The van der Waals surface area contributed by atoms with Gasteiger partial charge in [0, 0.05) is 32.7 Å². The lowest BCUT2D eigenvalue weighted by atomic mass is 9.82. The Kier molecular flexibility index (Phi) is 3.33. The van der Waals surface area contributed by atoms with Crippen molar-refractivity contribution in [1.82, 2.24) is 9.80 Å². The van der Waals surface area contributed by atoms with Gasteiger partial charge in [0.05, 0.1) is 0 Å². The Labute approximate surface area is 101 Å². The van der Waals surface area contributed by atoms with Crippen molar-refractivity contribution in [2.45, 2.75) is 40.0 Å². The molecule has 94 valence electrons. The second-order valence-corrected chi connectivity index (χ2v) is 7.32. The monoisotopic (exact) mass is 224 g/mol. The van der Waals surface area contributed by atoms with Gasteiger partial charge in [0.25, 0.3) is 0 Å². The van der Waals surface area contributed by atoms with Gasteiger partial charge in [-0.05, 0) is 37.1 Å². The lowest BCUT2D eigenvalue weighted by molar-refractivity contribution is 0.115. The highest BCUT2D eigenvalue weighted by Gasteiger charge is 2.46. The lowest BCUT2D eigenvalue weighted by Gasteiger charge is -2.36. The van der Waals surface area contributed by atoms with Crippen molar-refractivity contribution in [3.05, 3.63) is 0 Å². The molecule has 0 bridgehead atoms. The topological polar surface area (TPSA) is 6.48 Å². The summed E-state index contributed by atoms with van der Waals surface area (Å²) in [4.78, 5) is 5.14. The average molecular weight is 224 g/mol. The summed E-state index contributed by atoms with van der Waals surface area (Å²) >= 11 is 0. The Morgan fingerprint density at radius 2 is 1.56 bits per heavy atom. The summed E-state index contributed by atoms with van der Waals surface area (Å²) in [5, 5.41) is 0. The van der Waals surface area contributed by atoms with Gasteiger partial charge in [0.15, 0.2) is 0 Å². The van der Waals surface area contributed by atoms with E-state index < -0.39 is 0 Å². The van der Waals surface area contributed by atoms with E-state index in [4.69, 9.17) is 0 Å². The second kappa shape index (κ2) is 4.30. The zero-order valence-corrected chi connectivity index (χ0v) is 11.6. The van der Waals surface area contributed by atoms with Gasteiger partial charge >= 0.3 is 0 Å². The molecule has 1 aliphatic carbocycles. The lowest BCUT2D eigenvalue weighted by Crippen LogP contribution is -2.46. The van der Waals surface area contributed by atoms with Crippen LogP contribution in [-0.2, 0) is 0 Å². The van der Waals surface area contributed by atoms with Crippen LogP contribution in [0.15, 0.2) is 0 Å². The largest absolute Gasteiger partial charge is 0.304 e. The Morgan fingerprint density at radius 3 is 2.00 bits per heavy atom. The quantitative estimate of drug-likeness (QED) is 0.726. The number of hydrogen-bond donors (Lipinski definition) is 0. The zero-order chi connectivity index (χ0) is 11.8. The molecular weight excluding hydrogens is 196 g/mol. The standard InChI is InChI=1S/C14H28N2/c1-13(2,3)11-14(5-6-14)12-16-9-7-15(4)8-10-16/h5-12H2,1-4H3. The average Bonchev–Trinajstić information content (AvgIpc) is 2.86. The van der Waals surface area contributed by atoms with Gasteiger partial charge in [-0.3, -0.25) is 0 Å². The first kappa shape index (κ1) is 12.4. The number of piperazine rings is 1. The van der Waals surface area contributed by atoms with Crippen molar-refractivity contribution in [2.75, 3.05) is 39.8 Å². The molecule has 0 unspecified atom stereocenters. The van der Waals surface area contributed by atoms with Crippen molar-refractivity contribution < 1.29 is 0 Å². The van der Waals surface area contributed by atoms with Gasteiger partial charge in [-0.2, -0.15) is 0 Å². The highest BCUT2D eigenvalue weighted by molar-refractivity contribution is 4.98. The fourth-order valence-electron chi connectivity index (χ4n) is 3.17. The summed E-state index contributed by atoms with van der Waals surface area (Å²) in [7, 11) is 2.24. The van der Waals surface area contributed by atoms with Crippen LogP contribution in [0.2, 0.25) is 0 Å². The predicted molar refractivity (Wildman–Crippen MR) is 69.7 cm³/mol. The number of hydrogen-bond acceptors (Lipinski definition) is 2. The number of rotatable bonds is 3. The smallest absolute Gasteiger partial charge is 0.0110 e. The maximum Gasteiger partial charge on any atom is 0.0110 e. The van der Waals surface area contributed by atoms with Gasteiger partial charge in [0.2, 0.25) is 0 Å². The second-order valence-electron chi connectivity index (χ2n) is 7.32. The molecule has 2 aliphatic rings. The first-order valence-electron chi connectivity index (χ1n) is 6.80. The molecule has 0 spiro atoms. The van der Waals surface area contributed by atoms with E-state index in [0.717, 1.165) is 0 Å². The minimum absolute atomic E-state index is 0.503. The molecule has 1 saturated heterocycles. The van der Waals surface area contributed by atoms with E-state index in [1.165, 1.54) is 52.0 Å². The highest BCUT2D eigenvalue weighted by atomic mass is 15.2. The highest BCUT2D eigenvalue weighted by Crippen LogP contribution is 2.53. The molecule has 1 saturated carbocycles. The molecule has 2 nitrogen and oxygen atoms in total. The molecule has 0 amide bonds. The van der Waals surface area contributed by atoms with Crippen LogP contribution >= 0.6 is 0 Å². The van der Waals surface area contributed by atoms with Crippen LogP contribution in [0.5, 0.6) is 0 Å². The molecule has 0 atom stereocenters. The van der Waals surface area contributed by atoms with Crippen molar-refractivity contribution >= 4 is 0 Å². The first-order valence-corrected chi connectivity index (χ1v) is 6.80. The summed E-state index contributed by atoms with van der Waals surface area (Å²) < 4.78 is 0. The van der Waals surface area contributed by atoms with Crippen LogP contribution in [-0.4, -0.2) is 49.6 Å². The van der Waals surface area contributed by atoms with Gasteiger partial charge < -0.3 is 9.80 Å². The van der Waals surface area contributed by atoms with Crippen molar-refractivity contribution in [3.63, 3.8) is 0 Å². The normalized spacial score (nSPS) is 27.0. The van der Waals surface area contributed by atoms with Gasteiger partial charge in [-0.15, -0.1) is 0 Å². The minimum atomic E-state index is 0.503. The van der Waals surface area contributed by atoms with Crippen LogP contribution in [0.4, 0.5) is 0 Å². The van der Waals surface area contributed by atoms with E-state index in [1.54, 1.807) is 0 Å². The third-order valence-corrected chi connectivity index (χ3v) is 4.02. The van der Waals surface area contributed by atoms with Crippen LogP contribution in [0, 0.1) is 10.8 Å². The van der Waals surface area contributed by atoms with E-state index in [2.05, 4.69) is 37.6 Å². The maximum atomic E-state index is 2.69.